The first kappa shape index (κ1) is 11.7. The van der Waals surface area contributed by atoms with Crippen LogP contribution in [0, 0.1) is 6.92 Å². The minimum atomic E-state index is 0.483. The average molecular weight is 231 g/mol. The van der Waals surface area contributed by atoms with Gasteiger partial charge in [-0.15, -0.1) is 0 Å². The number of H-pyrrole nitrogens is 1. The maximum absolute atomic E-state index is 5.74. The van der Waals surface area contributed by atoms with Crippen molar-refractivity contribution in [3.8, 4) is 17.0 Å². The molecule has 1 heterocycles. The van der Waals surface area contributed by atoms with E-state index in [1.807, 2.05) is 38.1 Å². The minimum absolute atomic E-state index is 0.483. The molecule has 90 valence electrons. The molecule has 4 nitrogen and oxygen atoms in total. The topological polar surface area (TPSA) is 63.9 Å². The van der Waals surface area contributed by atoms with Crippen molar-refractivity contribution in [3.63, 3.8) is 0 Å². The predicted octanol–water partition coefficient (Wildman–Crippen LogP) is 2.24. The molecule has 3 N–H and O–H groups in total. The Kier molecular flexibility index (Phi) is 3.44. The number of rotatable bonds is 4. The molecule has 2 rings (SSSR count). The van der Waals surface area contributed by atoms with Crippen molar-refractivity contribution in [2.24, 2.45) is 5.73 Å². The van der Waals surface area contributed by atoms with Crippen LogP contribution in [-0.2, 0) is 6.54 Å². The summed E-state index contributed by atoms with van der Waals surface area (Å²) in [7, 11) is 0. The third-order valence-corrected chi connectivity index (χ3v) is 2.70. The van der Waals surface area contributed by atoms with Gasteiger partial charge in [0.15, 0.2) is 0 Å². The maximum atomic E-state index is 5.74. The van der Waals surface area contributed by atoms with Crippen molar-refractivity contribution in [2.45, 2.75) is 20.4 Å². The molecule has 0 amide bonds. The first-order valence-electron chi connectivity index (χ1n) is 5.73. The summed E-state index contributed by atoms with van der Waals surface area (Å²) in [5.74, 6) is 0.855. The molecule has 0 atom stereocenters. The number of nitrogens with two attached hydrogens (primary N) is 1. The lowest BCUT2D eigenvalue weighted by atomic mass is 10.1. The summed E-state index contributed by atoms with van der Waals surface area (Å²) in [5.41, 5.74) is 9.75. The molecular weight excluding hydrogens is 214 g/mol. The van der Waals surface area contributed by atoms with E-state index in [4.69, 9.17) is 10.5 Å². The molecule has 0 bridgehead atoms. The summed E-state index contributed by atoms with van der Waals surface area (Å²) in [5, 5.41) is 7.26. The van der Waals surface area contributed by atoms with E-state index in [0.717, 1.165) is 28.3 Å². The van der Waals surface area contributed by atoms with Gasteiger partial charge in [-0.05, 0) is 26.0 Å². The van der Waals surface area contributed by atoms with Crippen molar-refractivity contribution in [1.82, 2.24) is 10.2 Å². The molecule has 0 saturated carbocycles. The van der Waals surface area contributed by atoms with E-state index >= 15 is 0 Å². The summed E-state index contributed by atoms with van der Waals surface area (Å²) in [6.45, 7) is 5.09. The Labute approximate surface area is 101 Å². The smallest absolute Gasteiger partial charge is 0.119 e. The van der Waals surface area contributed by atoms with Crippen LogP contribution >= 0.6 is 0 Å². The normalized spacial score (nSPS) is 10.5. The standard InChI is InChI=1S/C13H17N3O/c1-3-17-11-6-4-5-10(7-11)13-12(8-14)9(2)15-16-13/h4-7H,3,8,14H2,1-2H3,(H,15,16). The number of hydrogen-bond donors (Lipinski definition) is 2. The molecule has 4 heteroatoms. The van der Waals surface area contributed by atoms with Gasteiger partial charge in [0.2, 0.25) is 0 Å². The largest absolute Gasteiger partial charge is 0.494 e. The third-order valence-electron chi connectivity index (χ3n) is 2.70. The van der Waals surface area contributed by atoms with Crippen LogP contribution in [0.5, 0.6) is 5.75 Å². The van der Waals surface area contributed by atoms with Crippen LogP contribution in [0.2, 0.25) is 0 Å². The quantitative estimate of drug-likeness (QED) is 0.848. The minimum Gasteiger partial charge on any atom is -0.494 e. The molecule has 0 saturated heterocycles. The number of aromatic nitrogens is 2. The van der Waals surface area contributed by atoms with E-state index in [1.165, 1.54) is 0 Å². The van der Waals surface area contributed by atoms with Crippen LogP contribution in [0.1, 0.15) is 18.2 Å². The first-order chi connectivity index (χ1) is 8.26. The lowest BCUT2D eigenvalue weighted by molar-refractivity contribution is 0.340. The predicted molar refractivity (Wildman–Crippen MR) is 67.8 cm³/mol. The summed E-state index contributed by atoms with van der Waals surface area (Å²) < 4.78 is 5.48. The summed E-state index contributed by atoms with van der Waals surface area (Å²) in [6.07, 6.45) is 0. The van der Waals surface area contributed by atoms with E-state index in [0.29, 0.717) is 13.2 Å². The van der Waals surface area contributed by atoms with Gasteiger partial charge >= 0.3 is 0 Å². The summed E-state index contributed by atoms with van der Waals surface area (Å²) in [4.78, 5) is 0. The molecule has 0 aliphatic rings. The monoisotopic (exact) mass is 231 g/mol. The van der Waals surface area contributed by atoms with E-state index in [9.17, 15) is 0 Å². The maximum Gasteiger partial charge on any atom is 0.119 e. The lowest BCUT2D eigenvalue weighted by Crippen LogP contribution is -1.99. The SMILES string of the molecule is CCOc1cccc(-c2n[nH]c(C)c2CN)c1. The molecule has 0 radical (unpaired) electrons. The van der Waals surface area contributed by atoms with E-state index < -0.39 is 0 Å². The van der Waals surface area contributed by atoms with E-state index in [1.54, 1.807) is 0 Å². The van der Waals surface area contributed by atoms with Crippen molar-refractivity contribution in [3.05, 3.63) is 35.5 Å². The second-order valence-electron chi connectivity index (χ2n) is 3.84. The van der Waals surface area contributed by atoms with Gasteiger partial charge in [0.05, 0.1) is 12.3 Å². The number of nitrogens with one attached hydrogen (secondary N) is 1. The fourth-order valence-electron chi connectivity index (χ4n) is 1.84. The summed E-state index contributed by atoms with van der Waals surface area (Å²) >= 11 is 0. The highest BCUT2D eigenvalue weighted by Crippen LogP contribution is 2.26. The Morgan fingerprint density at radius 2 is 2.24 bits per heavy atom. The van der Waals surface area contributed by atoms with Gasteiger partial charge in [0, 0.05) is 23.4 Å². The second kappa shape index (κ2) is 5.01. The fraction of sp³-hybridized carbons (Fsp3) is 0.308. The highest BCUT2D eigenvalue weighted by molar-refractivity contribution is 5.65. The van der Waals surface area contributed by atoms with Gasteiger partial charge in [-0.25, -0.2) is 0 Å². The molecule has 1 aromatic carbocycles. The Morgan fingerprint density at radius 3 is 2.94 bits per heavy atom. The Bertz CT molecular complexity index is 505. The molecule has 1 aromatic heterocycles. The molecule has 0 fully saturated rings. The number of nitrogens with zero attached hydrogens (tertiary/aromatic N) is 1. The fourth-order valence-corrected chi connectivity index (χ4v) is 1.84. The van der Waals surface area contributed by atoms with Gasteiger partial charge in [-0.1, -0.05) is 12.1 Å². The van der Waals surface area contributed by atoms with Crippen LogP contribution in [0.4, 0.5) is 0 Å². The molecule has 0 aliphatic carbocycles. The van der Waals surface area contributed by atoms with Crippen molar-refractivity contribution >= 4 is 0 Å². The van der Waals surface area contributed by atoms with Gasteiger partial charge in [0.25, 0.3) is 0 Å². The Hall–Kier alpha value is -1.81. The average Bonchev–Trinajstić information content (AvgIpc) is 2.71. The second-order valence-corrected chi connectivity index (χ2v) is 3.84. The molecule has 0 aliphatic heterocycles. The third kappa shape index (κ3) is 2.31. The van der Waals surface area contributed by atoms with Crippen LogP contribution in [0.3, 0.4) is 0 Å². The molecular formula is C13H17N3O. The first-order valence-corrected chi connectivity index (χ1v) is 5.73. The van der Waals surface area contributed by atoms with Crippen LogP contribution in [-0.4, -0.2) is 16.8 Å². The molecule has 2 aromatic rings. The molecule has 17 heavy (non-hydrogen) atoms. The van der Waals surface area contributed by atoms with Gasteiger partial charge < -0.3 is 10.5 Å². The lowest BCUT2D eigenvalue weighted by Gasteiger charge is -2.05. The zero-order valence-corrected chi connectivity index (χ0v) is 10.2. The number of aromatic amines is 1. The number of ether oxygens (including phenoxy) is 1. The van der Waals surface area contributed by atoms with Gasteiger partial charge in [-0.2, -0.15) is 5.10 Å². The van der Waals surface area contributed by atoms with E-state index in [-0.39, 0.29) is 0 Å². The number of aryl methyl sites for hydroxylation is 1. The Balaban J connectivity index is 2.41. The molecule has 0 unspecified atom stereocenters. The van der Waals surface area contributed by atoms with Crippen molar-refractivity contribution in [2.75, 3.05) is 6.61 Å². The highest BCUT2D eigenvalue weighted by Gasteiger charge is 2.11. The summed E-state index contributed by atoms with van der Waals surface area (Å²) in [6, 6.07) is 7.90. The van der Waals surface area contributed by atoms with Crippen LogP contribution in [0.25, 0.3) is 11.3 Å². The zero-order chi connectivity index (χ0) is 12.3. The van der Waals surface area contributed by atoms with Crippen LogP contribution < -0.4 is 10.5 Å². The van der Waals surface area contributed by atoms with E-state index in [2.05, 4.69) is 10.2 Å². The van der Waals surface area contributed by atoms with Crippen molar-refractivity contribution in [1.29, 1.82) is 0 Å². The number of benzene rings is 1. The Morgan fingerprint density at radius 1 is 1.41 bits per heavy atom. The zero-order valence-electron chi connectivity index (χ0n) is 10.2. The number of hydrogen-bond acceptors (Lipinski definition) is 3. The highest BCUT2D eigenvalue weighted by atomic mass is 16.5. The molecule has 0 spiro atoms. The van der Waals surface area contributed by atoms with Gasteiger partial charge in [0.1, 0.15) is 5.75 Å². The van der Waals surface area contributed by atoms with Gasteiger partial charge in [-0.3, -0.25) is 5.10 Å². The van der Waals surface area contributed by atoms with Crippen molar-refractivity contribution < 1.29 is 4.74 Å². The van der Waals surface area contributed by atoms with Crippen LogP contribution in [0.15, 0.2) is 24.3 Å².